The van der Waals surface area contributed by atoms with Crippen molar-refractivity contribution in [2.45, 2.75) is 25.9 Å². The number of rotatable bonds is 6. The average molecular weight is 284 g/mol. The maximum atomic E-state index is 13.7. The van der Waals surface area contributed by atoms with Gasteiger partial charge in [0.1, 0.15) is 11.6 Å². The highest BCUT2D eigenvalue weighted by atomic mass is 19.1. The third-order valence-electron chi connectivity index (χ3n) is 3.54. The minimum Gasteiger partial charge on any atom is -0.378 e. The van der Waals surface area contributed by atoms with E-state index >= 15 is 0 Å². The molecule has 2 rings (SSSR count). The summed E-state index contributed by atoms with van der Waals surface area (Å²) in [5, 5.41) is 3.36. The number of hydrogen-bond acceptors (Lipinski definition) is 3. The molecule has 0 spiro atoms. The van der Waals surface area contributed by atoms with Gasteiger partial charge in [0.05, 0.1) is 13.2 Å². The molecule has 1 aliphatic heterocycles. The maximum Gasteiger partial charge on any atom is 0.127 e. The minimum absolute atomic E-state index is 0.206. The fourth-order valence-electron chi connectivity index (χ4n) is 2.41. The molecule has 1 fully saturated rings. The summed E-state index contributed by atoms with van der Waals surface area (Å²) in [5.41, 5.74) is 0.410. The van der Waals surface area contributed by atoms with Crippen LogP contribution >= 0.6 is 0 Å². The lowest BCUT2D eigenvalue weighted by Gasteiger charge is -2.35. The van der Waals surface area contributed by atoms with Crippen molar-refractivity contribution in [2.24, 2.45) is 0 Å². The maximum absolute atomic E-state index is 13.7. The number of ether oxygens (including phenoxy) is 1. The van der Waals surface area contributed by atoms with Gasteiger partial charge >= 0.3 is 0 Å². The van der Waals surface area contributed by atoms with Crippen LogP contribution in [-0.4, -0.2) is 43.8 Å². The van der Waals surface area contributed by atoms with Crippen molar-refractivity contribution in [2.75, 3.05) is 32.8 Å². The van der Waals surface area contributed by atoms with Crippen molar-refractivity contribution < 1.29 is 13.5 Å². The van der Waals surface area contributed by atoms with Crippen LogP contribution in [0.2, 0.25) is 0 Å². The van der Waals surface area contributed by atoms with Gasteiger partial charge in [-0.25, -0.2) is 8.78 Å². The fraction of sp³-hybridized carbons (Fsp3) is 0.600. The molecule has 1 aromatic carbocycles. The van der Waals surface area contributed by atoms with Gasteiger partial charge in [0.25, 0.3) is 0 Å². The van der Waals surface area contributed by atoms with E-state index < -0.39 is 5.82 Å². The van der Waals surface area contributed by atoms with Gasteiger partial charge < -0.3 is 10.1 Å². The number of nitrogens with zero attached hydrogens (tertiary/aromatic N) is 1. The van der Waals surface area contributed by atoms with Crippen LogP contribution in [0.4, 0.5) is 8.78 Å². The van der Waals surface area contributed by atoms with Crippen molar-refractivity contribution in [1.29, 1.82) is 0 Å². The molecular weight excluding hydrogens is 262 g/mol. The smallest absolute Gasteiger partial charge is 0.127 e. The van der Waals surface area contributed by atoms with Gasteiger partial charge in [-0.2, -0.15) is 0 Å². The van der Waals surface area contributed by atoms with Gasteiger partial charge in [-0.05, 0) is 31.2 Å². The number of benzene rings is 1. The lowest BCUT2D eigenvalue weighted by molar-refractivity contribution is -0.0113. The zero-order valence-electron chi connectivity index (χ0n) is 11.9. The molecule has 1 saturated heterocycles. The minimum atomic E-state index is -0.393. The molecule has 0 bridgehead atoms. The van der Waals surface area contributed by atoms with Gasteiger partial charge in [-0.15, -0.1) is 0 Å². The summed E-state index contributed by atoms with van der Waals surface area (Å²) in [6.45, 7) is 6.32. The van der Waals surface area contributed by atoms with E-state index in [0.29, 0.717) is 25.3 Å². The first-order valence-corrected chi connectivity index (χ1v) is 7.17. The Labute approximate surface area is 118 Å². The molecule has 1 N–H and O–H groups in total. The normalized spacial score (nSPS) is 20.2. The predicted octanol–water partition coefficient (Wildman–Crippen LogP) is 2.17. The lowest BCUT2D eigenvalue weighted by Crippen LogP contribution is -2.50. The van der Waals surface area contributed by atoms with Crippen molar-refractivity contribution >= 4 is 0 Å². The summed E-state index contributed by atoms with van der Waals surface area (Å²) in [6.07, 6.45) is 1.08. The van der Waals surface area contributed by atoms with Gasteiger partial charge in [-0.3, -0.25) is 4.90 Å². The van der Waals surface area contributed by atoms with E-state index in [1.54, 1.807) is 0 Å². The van der Waals surface area contributed by atoms with Crippen LogP contribution in [0.3, 0.4) is 0 Å². The van der Waals surface area contributed by atoms with Gasteiger partial charge in [0, 0.05) is 31.2 Å². The Kier molecular flexibility index (Phi) is 5.88. The summed E-state index contributed by atoms with van der Waals surface area (Å²) in [6, 6.07) is 3.83. The number of morpholine rings is 1. The van der Waals surface area contributed by atoms with Crippen LogP contribution in [-0.2, 0) is 11.3 Å². The van der Waals surface area contributed by atoms with Crippen LogP contribution in [0.1, 0.15) is 18.9 Å². The highest BCUT2D eigenvalue weighted by Crippen LogP contribution is 2.16. The standard InChI is InChI=1S/C15H22F2N2O/c1-2-5-18-9-14-11-20-7-6-19(14)10-12-8-13(16)3-4-15(12)17/h3-4,8,14,18H,2,5-7,9-11H2,1H3. The Bertz CT molecular complexity index is 428. The summed E-state index contributed by atoms with van der Waals surface area (Å²) in [7, 11) is 0. The molecule has 5 heteroatoms. The van der Waals surface area contributed by atoms with Crippen molar-refractivity contribution in [1.82, 2.24) is 10.2 Å². The second kappa shape index (κ2) is 7.67. The molecule has 1 aliphatic rings. The summed E-state index contributed by atoms with van der Waals surface area (Å²) in [4.78, 5) is 2.16. The van der Waals surface area contributed by atoms with Crippen LogP contribution in [0.15, 0.2) is 18.2 Å². The molecule has 1 atom stereocenters. The Balaban J connectivity index is 1.98. The topological polar surface area (TPSA) is 24.5 Å². The average Bonchev–Trinajstić information content (AvgIpc) is 2.45. The van der Waals surface area contributed by atoms with Gasteiger partial charge in [0.2, 0.25) is 0 Å². The third-order valence-corrected chi connectivity index (χ3v) is 3.54. The van der Waals surface area contributed by atoms with Crippen molar-refractivity contribution in [3.8, 4) is 0 Å². The Morgan fingerprint density at radius 2 is 2.25 bits per heavy atom. The number of halogens is 2. The molecule has 1 unspecified atom stereocenters. The molecule has 0 saturated carbocycles. The van der Waals surface area contributed by atoms with Crippen LogP contribution in [0, 0.1) is 11.6 Å². The van der Waals surface area contributed by atoms with Gasteiger partial charge in [0.15, 0.2) is 0 Å². The first-order chi connectivity index (χ1) is 9.70. The highest BCUT2D eigenvalue weighted by molar-refractivity contribution is 5.18. The lowest BCUT2D eigenvalue weighted by atomic mass is 10.1. The zero-order chi connectivity index (χ0) is 14.4. The second-order valence-electron chi connectivity index (χ2n) is 5.14. The van der Waals surface area contributed by atoms with Crippen LogP contribution < -0.4 is 5.32 Å². The number of hydrogen-bond donors (Lipinski definition) is 1. The molecule has 20 heavy (non-hydrogen) atoms. The Morgan fingerprint density at radius 1 is 1.40 bits per heavy atom. The summed E-state index contributed by atoms with van der Waals surface area (Å²) >= 11 is 0. The molecule has 0 aromatic heterocycles. The molecule has 1 aromatic rings. The van der Waals surface area contributed by atoms with E-state index in [1.165, 1.54) is 12.1 Å². The monoisotopic (exact) mass is 284 g/mol. The van der Waals surface area contributed by atoms with Crippen LogP contribution in [0.25, 0.3) is 0 Å². The second-order valence-corrected chi connectivity index (χ2v) is 5.14. The molecule has 0 aliphatic carbocycles. The van der Waals surface area contributed by atoms with Crippen molar-refractivity contribution in [3.05, 3.63) is 35.4 Å². The van der Waals surface area contributed by atoms with Crippen molar-refractivity contribution in [3.63, 3.8) is 0 Å². The van der Waals surface area contributed by atoms with Crippen LogP contribution in [0.5, 0.6) is 0 Å². The van der Waals surface area contributed by atoms with E-state index in [2.05, 4.69) is 17.1 Å². The largest absolute Gasteiger partial charge is 0.378 e. The SMILES string of the molecule is CCCNCC1COCCN1Cc1cc(F)ccc1F. The Hall–Kier alpha value is -1.04. The molecule has 0 radical (unpaired) electrons. The summed E-state index contributed by atoms with van der Waals surface area (Å²) < 4.78 is 32.4. The number of nitrogens with one attached hydrogen (secondary N) is 1. The highest BCUT2D eigenvalue weighted by Gasteiger charge is 2.23. The molecule has 3 nitrogen and oxygen atoms in total. The molecule has 1 heterocycles. The van der Waals surface area contributed by atoms with E-state index in [0.717, 1.165) is 32.1 Å². The molecule has 0 amide bonds. The summed E-state index contributed by atoms with van der Waals surface area (Å²) in [5.74, 6) is -0.742. The Morgan fingerprint density at radius 3 is 3.05 bits per heavy atom. The van der Waals surface area contributed by atoms with E-state index in [9.17, 15) is 8.78 Å². The molecule has 112 valence electrons. The first kappa shape index (κ1) is 15.4. The predicted molar refractivity (Wildman–Crippen MR) is 74.5 cm³/mol. The zero-order valence-corrected chi connectivity index (χ0v) is 11.9. The first-order valence-electron chi connectivity index (χ1n) is 7.17. The van der Waals surface area contributed by atoms with E-state index in [-0.39, 0.29) is 11.9 Å². The molecular formula is C15H22F2N2O. The van der Waals surface area contributed by atoms with E-state index in [1.807, 2.05) is 0 Å². The van der Waals surface area contributed by atoms with E-state index in [4.69, 9.17) is 4.74 Å². The quantitative estimate of drug-likeness (QED) is 0.810. The fourth-order valence-corrected chi connectivity index (χ4v) is 2.41. The van der Waals surface area contributed by atoms with Gasteiger partial charge in [-0.1, -0.05) is 6.92 Å². The third kappa shape index (κ3) is 4.23.